The summed E-state index contributed by atoms with van der Waals surface area (Å²) in [6.07, 6.45) is 4.31. The van der Waals surface area contributed by atoms with Crippen LogP contribution in [-0.4, -0.2) is 54.9 Å². The number of amides is 1. The van der Waals surface area contributed by atoms with E-state index < -0.39 is 0 Å². The number of benzene rings is 2. The van der Waals surface area contributed by atoms with Crippen molar-refractivity contribution in [3.8, 4) is 5.75 Å². The Hall–Kier alpha value is -3.41. The van der Waals surface area contributed by atoms with Gasteiger partial charge in [-0.3, -0.25) is 14.6 Å². The second kappa shape index (κ2) is 11.3. The van der Waals surface area contributed by atoms with Gasteiger partial charge in [0.2, 0.25) is 5.91 Å². The van der Waals surface area contributed by atoms with Gasteiger partial charge < -0.3 is 14.5 Å². The first-order valence-corrected chi connectivity index (χ1v) is 13.3. The normalized spacial score (nSPS) is 14.2. The van der Waals surface area contributed by atoms with Gasteiger partial charge in [-0.25, -0.2) is 0 Å². The Morgan fingerprint density at radius 1 is 1.03 bits per heavy atom. The quantitative estimate of drug-likeness (QED) is 0.360. The van der Waals surface area contributed by atoms with Crippen molar-refractivity contribution < 1.29 is 14.3 Å². The number of ketones is 1. The Balaban J connectivity index is 1.77. The minimum atomic E-state index is -0.115. The Morgan fingerprint density at radius 2 is 1.73 bits per heavy atom. The number of fused-ring (bicyclic) bond motifs is 1. The average molecular weight is 502 g/mol. The Kier molecular flexibility index (Phi) is 8.16. The highest BCUT2D eigenvalue weighted by Gasteiger charge is 2.25. The predicted molar refractivity (Wildman–Crippen MR) is 150 cm³/mol. The summed E-state index contributed by atoms with van der Waals surface area (Å²) in [5.41, 5.74) is 4.53. The molecule has 196 valence electrons. The van der Waals surface area contributed by atoms with Crippen LogP contribution in [0.2, 0.25) is 0 Å². The number of Topliss-reactive ketones (excluding diaryl/α,β-unsaturated/α-hetero) is 1. The molecule has 1 aliphatic rings. The van der Waals surface area contributed by atoms with Crippen LogP contribution in [-0.2, 0) is 11.2 Å². The monoisotopic (exact) mass is 501 g/mol. The molecule has 0 radical (unpaired) electrons. The van der Waals surface area contributed by atoms with Gasteiger partial charge >= 0.3 is 0 Å². The largest absolute Gasteiger partial charge is 0.495 e. The summed E-state index contributed by atoms with van der Waals surface area (Å²) in [5, 5.41) is 0.976. The smallest absolute Gasteiger partial charge is 0.222 e. The number of ether oxygens (including phenoxy) is 1. The lowest BCUT2D eigenvalue weighted by Crippen LogP contribution is -2.48. The Labute approximate surface area is 220 Å². The molecule has 1 aliphatic heterocycles. The van der Waals surface area contributed by atoms with Crippen LogP contribution in [0.5, 0.6) is 5.75 Å². The van der Waals surface area contributed by atoms with Crippen LogP contribution >= 0.6 is 0 Å². The van der Waals surface area contributed by atoms with Crippen LogP contribution in [0.15, 0.2) is 48.7 Å². The van der Waals surface area contributed by atoms with E-state index in [0.717, 1.165) is 53.0 Å². The highest BCUT2D eigenvalue weighted by molar-refractivity contribution is 6.03. The zero-order valence-corrected chi connectivity index (χ0v) is 22.8. The first kappa shape index (κ1) is 26.6. The molecule has 0 unspecified atom stereocenters. The van der Waals surface area contributed by atoms with E-state index in [0.29, 0.717) is 37.9 Å². The molecule has 0 aliphatic carbocycles. The number of methoxy groups -OCH3 is 1. The van der Waals surface area contributed by atoms with Crippen molar-refractivity contribution in [2.24, 2.45) is 5.41 Å². The zero-order valence-electron chi connectivity index (χ0n) is 22.8. The number of piperazine rings is 1. The van der Waals surface area contributed by atoms with Crippen molar-refractivity contribution in [3.05, 3.63) is 65.4 Å². The molecule has 3 aromatic rings. The van der Waals surface area contributed by atoms with E-state index in [4.69, 9.17) is 9.72 Å². The number of pyridine rings is 1. The molecule has 0 saturated carbocycles. The van der Waals surface area contributed by atoms with E-state index in [-0.39, 0.29) is 17.1 Å². The van der Waals surface area contributed by atoms with Gasteiger partial charge in [0.25, 0.3) is 0 Å². The standard InChI is InChI=1S/C31H39N3O3/c1-6-10-30(36)34-15-13-33(14-16-34)27-18-24-23(17-22-11-8-7-9-12-22)25(28(35)20-31(2,3)4)21-32-26(24)19-29(27)37-5/h7-9,11-12,18-19,21H,6,10,13-17,20H2,1-5H3. The van der Waals surface area contributed by atoms with Gasteiger partial charge in [-0.2, -0.15) is 0 Å². The highest BCUT2D eigenvalue weighted by atomic mass is 16.5. The van der Waals surface area contributed by atoms with Crippen LogP contribution in [0, 0.1) is 5.41 Å². The van der Waals surface area contributed by atoms with Crippen molar-refractivity contribution in [1.82, 2.24) is 9.88 Å². The summed E-state index contributed by atoms with van der Waals surface area (Å²) in [6.45, 7) is 11.2. The van der Waals surface area contributed by atoms with E-state index in [1.165, 1.54) is 0 Å². The number of carbonyl (C=O) groups is 2. The molecule has 37 heavy (non-hydrogen) atoms. The first-order valence-electron chi connectivity index (χ1n) is 13.3. The van der Waals surface area contributed by atoms with Gasteiger partial charge in [0.15, 0.2) is 5.78 Å². The number of anilines is 1. The second-order valence-electron chi connectivity index (χ2n) is 11.1. The van der Waals surface area contributed by atoms with Crippen molar-refractivity contribution in [1.29, 1.82) is 0 Å². The minimum Gasteiger partial charge on any atom is -0.495 e. The lowest BCUT2D eigenvalue weighted by molar-refractivity contribution is -0.131. The molecule has 2 heterocycles. The van der Waals surface area contributed by atoms with E-state index in [2.05, 4.69) is 43.9 Å². The molecule has 1 fully saturated rings. The van der Waals surface area contributed by atoms with Gasteiger partial charge in [-0.1, -0.05) is 58.0 Å². The molecule has 2 aromatic carbocycles. The van der Waals surface area contributed by atoms with Crippen molar-refractivity contribution in [2.75, 3.05) is 38.2 Å². The summed E-state index contributed by atoms with van der Waals surface area (Å²) in [6, 6.07) is 14.4. The fourth-order valence-electron chi connectivity index (χ4n) is 5.05. The fourth-order valence-corrected chi connectivity index (χ4v) is 5.05. The van der Waals surface area contributed by atoms with Crippen molar-refractivity contribution in [3.63, 3.8) is 0 Å². The predicted octanol–water partition coefficient (Wildman–Crippen LogP) is 5.90. The third-order valence-corrected chi connectivity index (χ3v) is 6.93. The molecular weight excluding hydrogens is 462 g/mol. The maximum Gasteiger partial charge on any atom is 0.222 e. The summed E-state index contributed by atoms with van der Waals surface area (Å²) in [7, 11) is 1.68. The van der Waals surface area contributed by atoms with Gasteiger partial charge in [0, 0.05) is 62.2 Å². The Bertz CT molecular complexity index is 1260. The maximum absolute atomic E-state index is 13.5. The molecule has 1 amide bonds. The SMILES string of the molecule is CCCC(=O)N1CCN(c2cc3c(Cc4ccccc4)c(C(=O)CC(C)(C)C)cnc3cc2OC)CC1. The number of hydrogen-bond acceptors (Lipinski definition) is 5. The van der Waals surface area contributed by atoms with Crippen LogP contribution in [0.25, 0.3) is 10.9 Å². The minimum absolute atomic E-state index is 0.115. The number of carbonyl (C=O) groups excluding carboxylic acids is 2. The fraction of sp³-hybridized carbons (Fsp3) is 0.452. The summed E-state index contributed by atoms with van der Waals surface area (Å²) >= 11 is 0. The number of rotatable bonds is 8. The number of aromatic nitrogens is 1. The van der Waals surface area contributed by atoms with Gasteiger partial charge in [0.05, 0.1) is 18.3 Å². The molecule has 0 N–H and O–H groups in total. The van der Waals surface area contributed by atoms with E-state index in [1.54, 1.807) is 13.3 Å². The van der Waals surface area contributed by atoms with Crippen LogP contribution in [0.1, 0.15) is 68.4 Å². The molecule has 0 atom stereocenters. The van der Waals surface area contributed by atoms with Gasteiger partial charge in [-0.05, 0) is 35.4 Å². The van der Waals surface area contributed by atoms with E-state index in [1.807, 2.05) is 36.1 Å². The molecule has 0 spiro atoms. The molecule has 1 aromatic heterocycles. The summed E-state index contributed by atoms with van der Waals surface area (Å²) < 4.78 is 5.79. The van der Waals surface area contributed by atoms with Crippen LogP contribution in [0.3, 0.4) is 0 Å². The van der Waals surface area contributed by atoms with Crippen molar-refractivity contribution >= 4 is 28.3 Å². The highest BCUT2D eigenvalue weighted by Crippen LogP contribution is 2.37. The van der Waals surface area contributed by atoms with Crippen LogP contribution < -0.4 is 9.64 Å². The molecule has 0 bridgehead atoms. The zero-order chi connectivity index (χ0) is 26.6. The van der Waals surface area contributed by atoms with Crippen molar-refractivity contribution in [2.45, 2.75) is 53.4 Å². The molecule has 4 rings (SSSR count). The van der Waals surface area contributed by atoms with Crippen LogP contribution in [0.4, 0.5) is 5.69 Å². The van der Waals surface area contributed by atoms with E-state index >= 15 is 0 Å². The van der Waals surface area contributed by atoms with Gasteiger partial charge in [0.1, 0.15) is 5.75 Å². The lowest BCUT2D eigenvalue weighted by atomic mass is 9.85. The first-order chi connectivity index (χ1) is 17.7. The van der Waals surface area contributed by atoms with E-state index in [9.17, 15) is 9.59 Å². The van der Waals surface area contributed by atoms with Gasteiger partial charge in [-0.15, -0.1) is 0 Å². The molecule has 6 nitrogen and oxygen atoms in total. The molecule has 6 heteroatoms. The molecular formula is C31H39N3O3. The third-order valence-electron chi connectivity index (χ3n) is 6.93. The lowest BCUT2D eigenvalue weighted by Gasteiger charge is -2.37. The maximum atomic E-state index is 13.5. The summed E-state index contributed by atoms with van der Waals surface area (Å²) in [4.78, 5) is 34.8. The Morgan fingerprint density at radius 3 is 2.35 bits per heavy atom. The topological polar surface area (TPSA) is 62.7 Å². The number of hydrogen-bond donors (Lipinski definition) is 0. The third kappa shape index (κ3) is 6.30. The molecule has 1 saturated heterocycles. The second-order valence-corrected chi connectivity index (χ2v) is 11.1. The number of nitrogens with zero attached hydrogens (tertiary/aromatic N) is 3. The average Bonchev–Trinajstić information content (AvgIpc) is 2.88. The summed E-state index contributed by atoms with van der Waals surface area (Å²) in [5.74, 6) is 1.10.